The van der Waals surface area contributed by atoms with Gasteiger partial charge in [0.25, 0.3) is 0 Å². The Morgan fingerprint density at radius 1 is 1.30 bits per heavy atom. The smallest absolute Gasteiger partial charge is 0.222 e. The maximum atomic E-state index is 5.83. The summed E-state index contributed by atoms with van der Waals surface area (Å²) in [5.74, 6) is 1.49. The summed E-state index contributed by atoms with van der Waals surface area (Å²) < 4.78 is 6.98. The van der Waals surface area contributed by atoms with Crippen molar-refractivity contribution in [1.29, 1.82) is 0 Å². The van der Waals surface area contributed by atoms with E-state index in [1.54, 1.807) is 0 Å². The molecule has 2 aromatic rings. The van der Waals surface area contributed by atoms with Crippen molar-refractivity contribution in [2.45, 2.75) is 33.4 Å². The minimum absolute atomic E-state index is 0.470. The molecule has 0 aliphatic rings. The lowest BCUT2D eigenvalue weighted by atomic mass is 10.2. The van der Waals surface area contributed by atoms with E-state index in [9.17, 15) is 0 Å². The fourth-order valence-corrected chi connectivity index (χ4v) is 2.30. The van der Waals surface area contributed by atoms with Gasteiger partial charge in [-0.2, -0.15) is 0 Å². The number of hydrogen-bond acceptors (Lipinski definition) is 3. The van der Waals surface area contributed by atoms with Crippen molar-refractivity contribution < 1.29 is 4.74 Å². The van der Waals surface area contributed by atoms with Gasteiger partial charge < -0.3 is 10.1 Å². The van der Waals surface area contributed by atoms with E-state index in [1.807, 2.05) is 37.4 Å². The summed E-state index contributed by atoms with van der Waals surface area (Å²) in [6.07, 6.45) is 1.87. The van der Waals surface area contributed by atoms with Crippen LogP contribution in [0.3, 0.4) is 0 Å². The molecule has 1 aromatic heterocycles. The summed E-state index contributed by atoms with van der Waals surface area (Å²) in [6, 6.07) is 10.5. The van der Waals surface area contributed by atoms with E-state index in [2.05, 4.69) is 52.8 Å². The van der Waals surface area contributed by atoms with Crippen LogP contribution in [0.1, 0.15) is 25.0 Å². The molecule has 0 aliphatic carbocycles. The molecule has 0 saturated heterocycles. The number of aromatic nitrogens is 1. The Labute approximate surface area is 133 Å². The summed E-state index contributed by atoms with van der Waals surface area (Å²) in [7, 11) is 0. The number of pyridine rings is 1. The van der Waals surface area contributed by atoms with Crippen LogP contribution in [-0.4, -0.2) is 11.0 Å². The minimum Gasteiger partial charge on any atom is -0.439 e. The molecule has 0 amide bonds. The van der Waals surface area contributed by atoms with Crippen molar-refractivity contribution in [3.8, 4) is 11.6 Å². The first-order chi connectivity index (χ1) is 9.54. The molecular weight excluding hydrogens is 363 g/mol. The molecule has 20 heavy (non-hydrogen) atoms. The van der Waals surface area contributed by atoms with Crippen LogP contribution in [0.2, 0.25) is 0 Å². The predicted molar refractivity (Wildman–Crippen MR) is 90.2 cm³/mol. The zero-order valence-corrected chi connectivity index (χ0v) is 14.1. The third-order valence-corrected chi connectivity index (χ3v) is 3.48. The van der Waals surface area contributed by atoms with Crippen LogP contribution in [0.25, 0.3) is 0 Å². The topological polar surface area (TPSA) is 34.2 Å². The standard InChI is InChI=1S/C16H19IN2O/c1-11(2)18-9-13-7-12(3)16(19-10-13)20-15-6-4-5-14(17)8-15/h4-8,10-11,18H,9H2,1-3H3. The monoisotopic (exact) mass is 382 g/mol. The van der Waals surface area contributed by atoms with Gasteiger partial charge in [-0.25, -0.2) is 4.98 Å². The molecule has 106 valence electrons. The zero-order chi connectivity index (χ0) is 14.5. The van der Waals surface area contributed by atoms with Gasteiger partial charge in [0.2, 0.25) is 5.88 Å². The summed E-state index contributed by atoms with van der Waals surface area (Å²) in [6.45, 7) is 7.12. The van der Waals surface area contributed by atoms with E-state index in [0.717, 1.165) is 21.4 Å². The fraction of sp³-hybridized carbons (Fsp3) is 0.312. The summed E-state index contributed by atoms with van der Waals surface area (Å²) in [5.41, 5.74) is 2.22. The molecule has 2 rings (SSSR count). The van der Waals surface area contributed by atoms with E-state index < -0.39 is 0 Å². The maximum absolute atomic E-state index is 5.83. The number of rotatable bonds is 5. The van der Waals surface area contributed by atoms with Crippen molar-refractivity contribution in [1.82, 2.24) is 10.3 Å². The SMILES string of the molecule is Cc1cc(CNC(C)C)cnc1Oc1cccc(I)c1. The number of aryl methyl sites for hydroxylation is 1. The first-order valence-corrected chi connectivity index (χ1v) is 7.75. The third kappa shape index (κ3) is 4.45. The zero-order valence-electron chi connectivity index (χ0n) is 12.0. The average Bonchev–Trinajstić information content (AvgIpc) is 2.39. The van der Waals surface area contributed by atoms with Crippen LogP contribution in [0, 0.1) is 10.5 Å². The first-order valence-electron chi connectivity index (χ1n) is 6.67. The summed E-state index contributed by atoms with van der Waals surface area (Å²) >= 11 is 2.27. The highest BCUT2D eigenvalue weighted by atomic mass is 127. The lowest BCUT2D eigenvalue weighted by molar-refractivity contribution is 0.457. The Morgan fingerprint density at radius 3 is 2.75 bits per heavy atom. The molecule has 3 nitrogen and oxygen atoms in total. The minimum atomic E-state index is 0.470. The number of nitrogens with one attached hydrogen (secondary N) is 1. The van der Waals surface area contributed by atoms with Crippen molar-refractivity contribution >= 4 is 22.6 Å². The second-order valence-electron chi connectivity index (χ2n) is 5.06. The highest BCUT2D eigenvalue weighted by Gasteiger charge is 2.05. The van der Waals surface area contributed by atoms with Crippen molar-refractivity contribution in [3.05, 3.63) is 51.2 Å². The van der Waals surface area contributed by atoms with Crippen molar-refractivity contribution in [2.75, 3.05) is 0 Å². The molecule has 0 bridgehead atoms. The van der Waals surface area contributed by atoms with E-state index in [1.165, 1.54) is 5.56 Å². The molecule has 0 fully saturated rings. The second kappa shape index (κ2) is 7.04. The normalized spacial score (nSPS) is 10.8. The molecule has 0 atom stereocenters. The highest BCUT2D eigenvalue weighted by molar-refractivity contribution is 14.1. The molecule has 1 N–H and O–H groups in total. The molecular formula is C16H19IN2O. The Bertz CT molecular complexity index is 584. The Kier molecular flexibility index (Phi) is 5.37. The number of halogens is 1. The molecule has 1 aromatic carbocycles. The quantitative estimate of drug-likeness (QED) is 0.784. The molecule has 0 radical (unpaired) electrons. The van der Waals surface area contributed by atoms with Crippen LogP contribution in [0.5, 0.6) is 11.6 Å². The Hall–Kier alpha value is -1.14. The second-order valence-corrected chi connectivity index (χ2v) is 6.31. The summed E-state index contributed by atoms with van der Waals surface area (Å²) in [5, 5.41) is 3.38. The molecule has 0 aliphatic heterocycles. The van der Waals surface area contributed by atoms with Gasteiger partial charge in [0, 0.05) is 27.9 Å². The van der Waals surface area contributed by atoms with Gasteiger partial charge in [0.05, 0.1) is 0 Å². The maximum Gasteiger partial charge on any atom is 0.222 e. The van der Waals surface area contributed by atoms with E-state index in [0.29, 0.717) is 11.9 Å². The number of benzene rings is 1. The lowest BCUT2D eigenvalue weighted by Crippen LogP contribution is -2.21. The molecule has 0 saturated carbocycles. The van der Waals surface area contributed by atoms with Crippen LogP contribution in [-0.2, 0) is 6.54 Å². The highest BCUT2D eigenvalue weighted by Crippen LogP contribution is 2.24. The van der Waals surface area contributed by atoms with E-state index >= 15 is 0 Å². The van der Waals surface area contributed by atoms with Crippen LogP contribution in [0.15, 0.2) is 36.5 Å². The Morgan fingerprint density at radius 2 is 2.10 bits per heavy atom. The van der Waals surface area contributed by atoms with Gasteiger partial charge in [-0.1, -0.05) is 19.9 Å². The largest absolute Gasteiger partial charge is 0.439 e. The average molecular weight is 382 g/mol. The molecule has 0 unspecified atom stereocenters. The number of hydrogen-bond donors (Lipinski definition) is 1. The third-order valence-electron chi connectivity index (χ3n) is 2.81. The van der Waals surface area contributed by atoms with Gasteiger partial charge in [-0.15, -0.1) is 0 Å². The summed E-state index contributed by atoms with van der Waals surface area (Å²) in [4.78, 5) is 4.42. The fourth-order valence-electron chi connectivity index (χ4n) is 1.79. The molecule has 1 heterocycles. The first kappa shape index (κ1) is 15.3. The number of nitrogens with zero attached hydrogens (tertiary/aromatic N) is 1. The van der Waals surface area contributed by atoms with Gasteiger partial charge in [-0.05, 0) is 59.3 Å². The van der Waals surface area contributed by atoms with Crippen LogP contribution < -0.4 is 10.1 Å². The van der Waals surface area contributed by atoms with Crippen molar-refractivity contribution in [2.24, 2.45) is 0 Å². The van der Waals surface area contributed by atoms with Gasteiger partial charge in [0.15, 0.2) is 0 Å². The molecule has 4 heteroatoms. The van der Waals surface area contributed by atoms with Gasteiger partial charge >= 0.3 is 0 Å². The van der Waals surface area contributed by atoms with Crippen LogP contribution >= 0.6 is 22.6 Å². The predicted octanol–water partition coefficient (Wildman–Crippen LogP) is 4.28. The Balaban J connectivity index is 2.09. The number of ether oxygens (including phenoxy) is 1. The van der Waals surface area contributed by atoms with Crippen molar-refractivity contribution in [3.63, 3.8) is 0 Å². The van der Waals surface area contributed by atoms with Crippen LogP contribution in [0.4, 0.5) is 0 Å². The van der Waals surface area contributed by atoms with E-state index in [4.69, 9.17) is 4.74 Å². The van der Waals surface area contributed by atoms with E-state index in [-0.39, 0.29) is 0 Å². The lowest BCUT2D eigenvalue weighted by Gasteiger charge is -2.11. The van der Waals surface area contributed by atoms with Gasteiger partial charge in [0.1, 0.15) is 5.75 Å². The molecule has 0 spiro atoms. The van der Waals surface area contributed by atoms with Gasteiger partial charge in [-0.3, -0.25) is 0 Å².